The van der Waals surface area contributed by atoms with E-state index in [4.69, 9.17) is 21.7 Å². The first-order valence-electron chi connectivity index (χ1n) is 7.81. The number of hydrogen-bond acceptors (Lipinski definition) is 5. The van der Waals surface area contributed by atoms with Crippen molar-refractivity contribution in [2.24, 2.45) is 5.10 Å². The molecule has 0 atom stereocenters. The minimum absolute atomic E-state index is 0.111. The molecule has 3 rings (SSSR count). The van der Waals surface area contributed by atoms with Crippen LogP contribution in [0.5, 0.6) is 11.5 Å². The van der Waals surface area contributed by atoms with Crippen molar-refractivity contribution in [1.82, 2.24) is 14.9 Å². The molecule has 0 saturated heterocycles. The number of aryl methyl sites for hydroxylation is 1. The van der Waals surface area contributed by atoms with Crippen LogP contribution in [0.4, 0.5) is 4.39 Å². The summed E-state index contributed by atoms with van der Waals surface area (Å²) < 4.78 is 26.7. The van der Waals surface area contributed by atoms with Crippen LogP contribution >= 0.6 is 12.2 Å². The minimum Gasteiger partial charge on any atom is -0.493 e. The fourth-order valence-electron chi connectivity index (χ4n) is 2.29. The Morgan fingerprint density at radius 1 is 1.27 bits per heavy atom. The Kier molecular flexibility index (Phi) is 5.43. The van der Waals surface area contributed by atoms with Gasteiger partial charge in [-0.3, -0.25) is 5.10 Å². The second-order valence-electron chi connectivity index (χ2n) is 5.42. The summed E-state index contributed by atoms with van der Waals surface area (Å²) in [5.74, 6) is 1.40. The van der Waals surface area contributed by atoms with Crippen molar-refractivity contribution in [3.63, 3.8) is 0 Å². The molecular formula is C18H17FN4O2S. The summed E-state index contributed by atoms with van der Waals surface area (Å²) in [5, 5.41) is 11.0. The Morgan fingerprint density at radius 2 is 2.08 bits per heavy atom. The number of benzene rings is 2. The fourth-order valence-corrected chi connectivity index (χ4v) is 2.51. The first-order chi connectivity index (χ1) is 12.6. The third kappa shape index (κ3) is 3.97. The molecule has 134 valence electrons. The van der Waals surface area contributed by atoms with E-state index in [0.29, 0.717) is 27.7 Å². The molecule has 0 aliphatic rings. The average molecular weight is 372 g/mol. The van der Waals surface area contributed by atoms with Gasteiger partial charge in [0.05, 0.1) is 13.3 Å². The van der Waals surface area contributed by atoms with Gasteiger partial charge in [-0.05, 0) is 49.0 Å². The number of aromatic nitrogens is 3. The van der Waals surface area contributed by atoms with E-state index >= 15 is 0 Å². The van der Waals surface area contributed by atoms with Gasteiger partial charge in [0.1, 0.15) is 18.2 Å². The normalized spacial score (nSPS) is 11.0. The molecule has 26 heavy (non-hydrogen) atoms. The van der Waals surface area contributed by atoms with Gasteiger partial charge in [0.15, 0.2) is 11.5 Å². The summed E-state index contributed by atoms with van der Waals surface area (Å²) in [5.41, 5.74) is 1.27. The van der Waals surface area contributed by atoms with Crippen LogP contribution in [0.25, 0.3) is 0 Å². The van der Waals surface area contributed by atoms with Crippen molar-refractivity contribution in [3.05, 3.63) is 70.0 Å². The number of rotatable bonds is 6. The second kappa shape index (κ2) is 7.92. The van der Waals surface area contributed by atoms with Gasteiger partial charge in [0.2, 0.25) is 4.77 Å². The van der Waals surface area contributed by atoms with Crippen molar-refractivity contribution in [1.29, 1.82) is 0 Å². The van der Waals surface area contributed by atoms with Crippen LogP contribution in [0.1, 0.15) is 17.0 Å². The molecule has 3 aromatic rings. The maximum atomic E-state index is 13.7. The van der Waals surface area contributed by atoms with Crippen LogP contribution in [0.2, 0.25) is 0 Å². The summed E-state index contributed by atoms with van der Waals surface area (Å²) in [6, 6.07) is 11.8. The topological polar surface area (TPSA) is 64.4 Å². The SMILES string of the molecule is COc1cc(/C=N/n2c(C)n[nH]c2=S)ccc1OCc1ccccc1F. The largest absolute Gasteiger partial charge is 0.493 e. The monoisotopic (exact) mass is 372 g/mol. The standard InChI is InChI=1S/C18H17FN4O2S/c1-12-21-22-18(26)23(12)20-10-13-7-8-16(17(9-13)24-2)25-11-14-5-3-4-6-15(14)19/h3-10H,11H2,1-2H3,(H,22,26)/b20-10+. The molecule has 0 saturated carbocycles. The first kappa shape index (κ1) is 17.8. The lowest BCUT2D eigenvalue weighted by Gasteiger charge is -2.11. The molecule has 8 heteroatoms. The van der Waals surface area contributed by atoms with Gasteiger partial charge in [-0.15, -0.1) is 0 Å². The summed E-state index contributed by atoms with van der Waals surface area (Å²) in [6.45, 7) is 1.91. The van der Waals surface area contributed by atoms with E-state index < -0.39 is 0 Å². The molecule has 1 heterocycles. The molecule has 0 aliphatic carbocycles. The predicted octanol–water partition coefficient (Wildman–Crippen LogP) is 3.86. The van der Waals surface area contributed by atoms with Gasteiger partial charge in [-0.2, -0.15) is 14.9 Å². The maximum absolute atomic E-state index is 13.7. The van der Waals surface area contributed by atoms with Gasteiger partial charge in [0.25, 0.3) is 0 Å². The highest BCUT2D eigenvalue weighted by Gasteiger charge is 2.08. The Bertz CT molecular complexity index is 997. The van der Waals surface area contributed by atoms with Crippen molar-refractivity contribution < 1.29 is 13.9 Å². The van der Waals surface area contributed by atoms with Crippen LogP contribution in [0, 0.1) is 17.5 Å². The number of H-pyrrole nitrogens is 1. The molecule has 1 N–H and O–H groups in total. The van der Waals surface area contributed by atoms with Gasteiger partial charge in [-0.25, -0.2) is 4.39 Å². The van der Waals surface area contributed by atoms with E-state index in [2.05, 4.69) is 15.3 Å². The molecule has 0 spiro atoms. The first-order valence-corrected chi connectivity index (χ1v) is 8.22. The summed E-state index contributed by atoms with van der Waals surface area (Å²) >= 11 is 5.10. The number of nitrogens with one attached hydrogen (secondary N) is 1. The highest BCUT2D eigenvalue weighted by molar-refractivity contribution is 7.71. The zero-order valence-corrected chi connectivity index (χ0v) is 15.1. The highest BCUT2D eigenvalue weighted by Crippen LogP contribution is 2.28. The van der Waals surface area contributed by atoms with Crippen LogP contribution in [-0.4, -0.2) is 28.2 Å². The van der Waals surface area contributed by atoms with Crippen molar-refractivity contribution in [2.75, 3.05) is 7.11 Å². The lowest BCUT2D eigenvalue weighted by atomic mass is 10.2. The van der Waals surface area contributed by atoms with E-state index in [1.165, 1.54) is 10.7 Å². The van der Waals surface area contributed by atoms with Crippen molar-refractivity contribution in [3.8, 4) is 11.5 Å². The zero-order valence-electron chi connectivity index (χ0n) is 14.3. The quantitative estimate of drug-likeness (QED) is 0.527. The minimum atomic E-state index is -0.303. The third-order valence-electron chi connectivity index (χ3n) is 3.66. The zero-order chi connectivity index (χ0) is 18.5. The smallest absolute Gasteiger partial charge is 0.216 e. The Hall–Kier alpha value is -3.00. The Morgan fingerprint density at radius 3 is 2.77 bits per heavy atom. The van der Waals surface area contributed by atoms with Crippen LogP contribution in [0.3, 0.4) is 0 Å². The average Bonchev–Trinajstić information content (AvgIpc) is 2.97. The van der Waals surface area contributed by atoms with Gasteiger partial charge >= 0.3 is 0 Å². The molecule has 1 aromatic heterocycles. The molecule has 0 unspecified atom stereocenters. The van der Waals surface area contributed by atoms with Gasteiger partial charge in [0, 0.05) is 5.56 Å². The summed E-state index contributed by atoms with van der Waals surface area (Å²) in [6.07, 6.45) is 1.64. The lowest BCUT2D eigenvalue weighted by molar-refractivity contribution is 0.279. The molecule has 0 fully saturated rings. The summed E-state index contributed by atoms with van der Waals surface area (Å²) in [4.78, 5) is 0. The lowest BCUT2D eigenvalue weighted by Crippen LogP contribution is -2.00. The number of hydrogen-bond donors (Lipinski definition) is 1. The number of aromatic amines is 1. The Balaban J connectivity index is 1.77. The molecule has 0 bridgehead atoms. The molecule has 0 aliphatic heterocycles. The van der Waals surface area contributed by atoms with Crippen LogP contribution < -0.4 is 9.47 Å². The second-order valence-corrected chi connectivity index (χ2v) is 5.81. The third-order valence-corrected chi connectivity index (χ3v) is 3.93. The molecule has 6 nitrogen and oxygen atoms in total. The Labute approximate surface area is 154 Å². The maximum Gasteiger partial charge on any atom is 0.216 e. The molecule has 0 radical (unpaired) electrons. The predicted molar refractivity (Wildman–Crippen MR) is 98.9 cm³/mol. The van der Waals surface area contributed by atoms with E-state index in [1.807, 2.05) is 6.07 Å². The van der Waals surface area contributed by atoms with Crippen molar-refractivity contribution in [2.45, 2.75) is 13.5 Å². The molecular weight excluding hydrogens is 355 g/mol. The number of ether oxygens (including phenoxy) is 2. The van der Waals surface area contributed by atoms with Crippen molar-refractivity contribution >= 4 is 18.4 Å². The van der Waals surface area contributed by atoms with E-state index in [-0.39, 0.29) is 12.4 Å². The number of halogens is 1. The van der Waals surface area contributed by atoms with E-state index in [9.17, 15) is 4.39 Å². The fraction of sp³-hybridized carbons (Fsp3) is 0.167. The molecule has 0 amide bonds. The van der Waals surface area contributed by atoms with Crippen LogP contribution in [-0.2, 0) is 6.61 Å². The van der Waals surface area contributed by atoms with E-state index in [0.717, 1.165) is 5.56 Å². The number of nitrogens with zero attached hydrogens (tertiary/aromatic N) is 3. The summed E-state index contributed by atoms with van der Waals surface area (Å²) in [7, 11) is 1.54. The molecule has 2 aromatic carbocycles. The van der Waals surface area contributed by atoms with Gasteiger partial charge in [-0.1, -0.05) is 18.2 Å². The van der Waals surface area contributed by atoms with Crippen LogP contribution in [0.15, 0.2) is 47.6 Å². The number of methoxy groups -OCH3 is 1. The highest BCUT2D eigenvalue weighted by atomic mass is 32.1. The van der Waals surface area contributed by atoms with Gasteiger partial charge < -0.3 is 9.47 Å². The van der Waals surface area contributed by atoms with E-state index in [1.54, 1.807) is 50.6 Å².